The Hall–Kier alpha value is -4.32. The van der Waals surface area contributed by atoms with Crippen LogP contribution in [0.25, 0.3) is 0 Å². The topological polar surface area (TPSA) is 256 Å². The maximum Gasteiger partial charge on any atom is 0.303 e. The molecule has 1 heterocycles. The lowest BCUT2D eigenvalue weighted by Gasteiger charge is -2.59. The Labute approximate surface area is 399 Å². The number of ketones is 2. The fourth-order valence-corrected chi connectivity index (χ4v) is 14.3. The van der Waals surface area contributed by atoms with Gasteiger partial charge in [0, 0.05) is 53.8 Å². The van der Waals surface area contributed by atoms with Crippen LogP contribution in [-0.2, 0) is 44.7 Å². The highest BCUT2D eigenvalue weighted by molar-refractivity contribution is 6.01. The highest BCUT2D eigenvalue weighted by Gasteiger charge is 2.76. The van der Waals surface area contributed by atoms with Crippen LogP contribution < -0.4 is 27.0 Å². The molecule has 6 saturated carbocycles. The molecular weight excluding hydrogens is 871 g/mol. The summed E-state index contributed by atoms with van der Waals surface area (Å²) >= 11 is 0. The van der Waals surface area contributed by atoms with E-state index in [1.165, 1.54) is 6.92 Å². The van der Waals surface area contributed by atoms with Gasteiger partial charge in [-0.2, -0.15) is 0 Å². The van der Waals surface area contributed by atoms with Crippen molar-refractivity contribution in [1.29, 1.82) is 0 Å². The van der Waals surface area contributed by atoms with Gasteiger partial charge in [0.15, 0.2) is 23.5 Å². The van der Waals surface area contributed by atoms with E-state index in [2.05, 4.69) is 40.3 Å². The second-order valence-electron chi connectivity index (χ2n) is 21.9. The van der Waals surface area contributed by atoms with Crippen LogP contribution in [0.5, 0.6) is 0 Å². The fourth-order valence-electron chi connectivity index (χ4n) is 14.3. The second-order valence-corrected chi connectivity index (χ2v) is 21.9. The number of Topliss-reactive ketones (excluding diaryl/α,β-unsaturated/α-hetero) is 1. The number of nitrogens with two attached hydrogens (primary N) is 1. The van der Waals surface area contributed by atoms with E-state index < -0.39 is 70.8 Å². The molecule has 7 aliphatic carbocycles. The molecule has 1 aromatic rings. The van der Waals surface area contributed by atoms with Gasteiger partial charge in [-0.25, -0.2) is 0 Å². The number of aliphatic hydroxyl groups is 2. The Bertz CT molecular complexity index is 2150. The number of rotatable bonds is 20. The maximum atomic E-state index is 14.0. The quantitative estimate of drug-likeness (QED) is 0.0871. The number of carboxylic acid groups (broad SMARTS) is 1. The van der Waals surface area contributed by atoms with E-state index in [9.17, 15) is 44.1 Å². The molecule has 0 radical (unpaired) electrons. The summed E-state index contributed by atoms with van der Waals surface area (Å²) in [6.07, 6.45) is 13.4. The molecule has 9 N–H and O–H groups in total. The van der Waals surface area contributed by atoms with Crippen molar-refractivity contribution < 1.29 is 53.6 Å². The Kier molecular flexibility index (Phi) is 14.6. The van der Waals surface area contributed by atoms with Gasteiger partial charge in [-0.05, 0) is 131 Å². The number of allylic oxidation sites excluding steroid dienone is 4. The van der Waals surface area contributed by atoms with Gasteiger partial charge in [-0.3, -0.25) is 28.8 Å². The number of hydrogen-bond donors (Lipinski definition) is 8. The van der Waals surface area contributed by atoms with Crippen molar-refractivity contribution in [3.8, 4) is 0 Å². The maximum absolute atomic E-state index is 14.0. The molecule has 0 aromatic heterocycles. The summed E-state index contributed by atoms with van der Waals surface area (Å²) in [5.74, 6) is -2.52. The molecule has 8 aliphatic rings. The summed E-state index contributed by atoms with van der Waals surface area (Å²) in [6, 6.07) is 6.98. The first-order valence-corrected chi connectivity index (χ1v) is 25.1. The Morgan fingerprint density at radius 1 is 0.971 bits per heavy atom. The van der Waals surface area contributed by atoms with E-state index in [0.29, 0.717) is 32.4 Å². The van der Waals surface area contributed by atoms with Crippen LogP contribution in [0.1, 0.15) is 135 Å². The molecule has 1 saturated heterocycles. The molecule has 0 spiro atoms. The zero-order valence-corrected chi connectivity index (χ0v) is 40.0. The van der Waals surface area contributed by atoms with Crippen molar-refractivity contribution >= 4 is 35.3 Å². The largest absolute Gasteiger partial charge is 0.481 e. The first-order valence-electron chi connectivity index (χ1n) is 25.1. The van der Waals surface area contributed by atoms with Crippen LogP contribution in [0, 0.1) is 34.0 Å². The van der Waals surface area contributed by atoms with Crippen molar-refractivity contribution in [3.63, 3.8) is 0 Å². The summed E-state index contributed by atoms with van der Waals surface area (Å²) in [4.78, 5) is 76.4. The molecule has 16 nitrogen and oxygen atoms in total. The smallest absolute Gasteiger partial charge is 0.303 e. The van der Waals surface area contributed by atoms with Crippen LogP contribution >= 0.6 is 0 Å². The molecule has 0 unspecified atom stereocenters. The van der Waals surface area contributed by atoms with Crippen molar-refractivity contribution in [2.24, 2.45) is 39.7 Å². The minimum Gasteiger partial charge on any atom is -0.481 e. The third-order valence-electron chi connectivity index (χ3n) is 17.8. The minimum atomic E-state index is -1.43. The average Bonchev–Trinajstić information content (AvgIpc) is 3.81. The molecule has 372 valence electrons. The number of aliphatic carboxylic acids is 1. The normalized spacial score (nSPS) is 36.3. The summed E-state index contributed by atoms with van der Waals surface area (Å²) in [6.45, 7) is 5.71. The van der Waals surface area contributed by atoms with Crippen molar-refractivity contribution in [1.82, 2.24) is 21.3 Å². The molecule has 3 amide bonds. The van der Waals surface area contributed by atoms with Crippen LogP contribution in [0.15, 0.2) is 48.1 Å². The van der Waals surface area contributed by atoms with Crippen molar-refractivity contribution in [2.45, 2.75) is 165 Å². The van der Waals surface area contributed by atoms with Gasteiger partial charge in [0.05, 0.1) is 18.8 Å². The fraction of sp³-hybridized carbons (Fsp3) is 0.692. The number of carbonyl (C=O) groups is 6. The van der Waals surface area contributed by atoms with E-state index in [1.807, 2.05) is 25.1 Å². The molecule has 11 atom stereocenters. The number of carboxylic acids is 1. The highest BCUT2D eigenvalue weighted by atomic mass is 16.7. The summed E-state index contributed by atoms with van der Waals surface area (Å²) in [7, 11) is 0. The SMILES string of the molecule is CC(=O)N[C@@H](CCCCN)CNCC(=O)N[C@@H](CCC(=O)O)C(=O)NC12CCC(Cc3ccc([C@@H]4O[C@@H]5C[C@H]6[C@@H]7CCC8=CC(=O)C=C[C@]8(C)[C@H]7[C@@H](O)C[C@]6(C)[C@]5(C(=O)CO)O4)cc3)(CC1)CC2. The molecule has 9 rings (SSSR count). The Morgan fingerprint density at radius 2 is 1.69 bits per heavy atom. The van der Waals surface area contributed by atoms with Gasteiger partial charge in [0.25, 0.3) is 0 Å². The van der Waals surface area contributed by atoms with Crippen LogP contribution in [0.3, 0.4) is 0 Å². The molecular formula is C52H73N5O11. The van der Waals surface area contributed by atoms with Crippen molar-refractivity contribution in [3.05, 3.63) is 59.2 Å². The van der Waals surface area contributed by atoms with Gasteiger partial charge in [-0.15, -0.1) is 0 Å². The lowest BCUT2D eigenvalue weighted by molar-refractivity contribution is -0.201. The van der Waals surface area contributed by atoms with Gasteiger partial charge in [0.2, 0.25) is 17.7 Å². The predicted octanol–water partition coefficient (Wildman–Crippen LogP) is 3.61. The van der Waals surface area contributed by atoms with Crippen molar-refractivity contribution in [2.75, 3.05) is 26.2 Å². The van der Waals surface area contributed by atoms with Gasteiger partial charge in [-0.1, -0.05) is 56.2 Å². The lowest BCUT2D eigenvalue weighted by atomic mass is 9.46. The highest BCUT2D eigenvalue weighted by Crippen LogP contribution is 2.70. The van der Waals surface area contributed by atoms with Gasteiger partial charge in [0.1, 0.15) is 12.6 Å². The van der Waals surface area contributed by atoms with Gasteiger partial charge >= 0.3 is 5.97 Å². The van der Waals surface area contributed by atoms with E-state index in [0.717, 1.165) is 87.3 Å². The Morgan fingerprint density at radius 3 is 2.35 bits per heavy atom. The third kappa shape index (κ3) is 9.49. The predicted molar refractivity (Wildman–Crippen MR) is 250 cm³/mol. The number of carbonyl (C=O) groups excluding carboxylic acids is 5. The van der Waals surface area contributed by atoms with E-state index in [1.54, 1.807) is 12.2 Å². The van der Waals surface area contributed by atoms with Crippen LogP contribution in [0.4, 0.5) is 0 Å². The zero-order chi connectivity index (χ0) is 48.6. The number of amides is 3. The summed E-state index contributed by atoms with van der Waals surface area (Å²) in [5.41, 5.74) is 5.54. The molecule has 7 fully saturated rings. The number of ether oxygens (including phenoxy) is 2. The average molecular weight is 944 g/mol. The summed E-state index contributed by atoms with van der Waals surface area (Å²) < 4.78 is 13.5. The number of unbranched alkanes of at least 4 members (excludes halogenated alkanes) is 1. The number of fused-ring (bicyclic) bond motifs is 10. The number of nitrogens with one attached hydrogen (secondary N) is 4. The van der Waals surface area contributed by atoms with Gasteiger partial charge < -0.3 is 51.8 Å². The molecule has 1 aliphatic heterocycles. The minimum absolute atomic E-state index is 0.00690. The van der Waals surface area contributed by atoms with E-state index in [-0.39, 0.29) is 66.2 Å². The summed E-state index contributed by atoms with van der Waals surface area (Å²) in [5, 5.41) is 43.8. The zero-order valence-electron chi connectivity index (χ0n) is 40.0. The lowest BCUT2D eigenvalue weighted by Crippen LogP contribution is -2.63. The third-order valence-corrected chi connectivity index (χ3v) is 17.8. The number of aliphatic hydroxyl groups excluding tert-OH is 2. The first kappa shape index (κ1) is 50.1. The van der Waals surface area contributed by atoms with E-state index in [4.69, 9.17) is 15.2 Å². The second kappa shape index (κ2) is 19.8. The van der Waals surface area contributed by atoms with Crippen LogP contribution in [-0.4, -0.2) is 112 Å². The molecule has 16 heteroatoms. The molecule has 68 heavy (non-hydrogen) atoms. The standard InChI is InChI=1S/C52H73N5O11/c1-31(59)55-35(6-4-5-23-53)28-54-29-43(63)56-39(13-14-44(64)65)46(66)57-51-20-17-50(18-21-51,19-22-51)26-32-7-9-33(10-8-32)47-67-42-25-38-37-12-11-34-24-36(60)15-16-48(34,2)45(37)40(61)27-49(38,3)52(42,68-47)41(62)30-58/h7-10,15-16,24,35,37-40,42,45,47,54,58,61H,4-6,11-14,17-23,25-30,53H2,1-3H3,(H,55,59)(H,56,63)(H,57,66)(H,64,65)/t35-,37-,38-,39-,40-,42+,45+,47+,48-,49-,50?,51?,52+/m0/s1. The number of hydrogen-bond acceptors (Lipinski definition) is 12. The molecule has 2 bridgehead atoms. The van der Waals surface area contributed by atoms with E-state index >= 15 is 0 Å². The Balaban J connectivity index is 0.866. The number of benzene rings is 1. The monoisotopic (exact) mass is 944 g/mol. The molecule has 1 aromatic carbocycles. The van der Waals surface area contributed by atoms with Crippen LogP contribution in [0.2, 0.25) is 0 Å². The first-order chi connectivity index (χ1) is 32.4.